The van der Waals surface area contributed by atoms with Crippen LogP contribution in [0.3, 0.4) is 0 Å². The summed E-state index contributed by atoms with van der Waals surface area (Å²) in [6.07, 6.45) is 2.13. The standard InChI is InChI=1S/C14H15NO3S2/c1-9-8-12(20-13(9)14(17)18)15-11(16)6-2-4-10-5-3-7-19-10/h3,5,7-8H,2,4,6H2,1H3,(H,15,16)(H,17,18). The molecule has 2 rings (SSSR count). The molecule has 106 valence electrons. The van der Waals surface area contributed by atoms with Crippen molar-refractivity contribution < 1.29 is 14.7 Å². The van der Waals surface area contributed by atoms with Crippen LogP contribution in [0, 0.1) is 6.92 Å². The first-order chi connectivity index (χ1) is 9.56. The molecule has 0 radical (unpaired) electrons. The van der Waals surface area contributed by atoms with E-state index in [9.17, 15) is 9.59 Å². The molecule has 2 heterocycles. The molecule has 0 saturated heterocycles. The molecule has 0 unspecified atom stereocenters. The summed E-state index contributed by atoms with van der Waals surface area (Å²) < 4.78 is 0. The highest BCUT2D eigenvalue weighted by atomic mass is 32.1. The molecule has 0 aliphatic carbocycles. The van der Waals surface area contributed by atoms with Gasteiger partial charge in [-0.3, -0.25) is 4.79 Å². The number of aryl methyl sites for hydroxylation is 2. The molecular weight excluding hydrogens is 294 g/mol. The Bertz CT molecular complexity index is 602. The van der Waals surface area contributed by atoms with Gasteiger partial charge in [0.25, 0.3) is 0 Å². The van der Waals surface area contributed by atoms with Gasteiger partial charge < -0.3 is 10.4 Å². The number of rotatable bonds is 6. The van der Waals surface area contributed by atoms with E-state index >= 15 is 0 Å². The predicted octanol–water partition coefficient (Wildman–Crippen LogP) is 3.78. The fraction of sp³-hybridized carbons (Fsp3) is 0.286. The Morgan fingerprint density at radius 3 is 2.80 bits per heavy atom. The van der Waals surface area contributed by atoms with E-state index in [-0.39, 0.29) is 10.8 Å². The molecule has 1 amide bonds. The van der Waals surface area contributed by atoms with Crippen molar-refractivity contribution in [3.05, 3.63) is 38.9 Å². The van der Waals surface area contributed by atoms with E-state index in [0.29, 0.717) is 17.0 Å². The molecule has 6 heteroatoms. The van der Waals surface area contributed by atoms with Crippen molar-refractivity contribution in [1.82, 2.24) is 0 Å². The Hall–Kier alpha value is -1.66. The van der Waals surface area contributed by atoms with Gasteiger partial charge in [0, 0.05) is 11.3 Å². The minimum Gasteiger partial charge on any atom is -0.477 e. The summed E-state index contributed by atoms with van der Waals surface area (Å²) in [7, 11) is 0. The van der Waals surface area contributed by atoms with Crippen LogP contribution in [0.15, 0.2) is 23.6 Å². The number of carboxylic acids is 1. The van der Waals surface area contributed by atoms with Gasteiger partial charge in [-0.05, 0) is 42.8 Å². The molecule has 4 nitrogen and oxygen atoms in total. The molecule has 20 heavy (non-hydrogen) atoms. The average molecular weight is 309 g/mol. The van der Waals surface area contributed by atoms with E-state index in [1.54, 1.807) is 24.3 Å². The van der Waals surface area contributed by atoms with Crippen molar-refractivity contribution >= 4 is 39.6 Å². The monoisotopic (exact) mass is 309 g/mol. The Balaban J connectivity index is 1.82. The van der Waals surface area contributed by atoms with E-state index in [2.05, 4.69) is 11.4 Å². The minimum atomic E-state index is -0.953. The van der Waals surface area contributed by atoms with Gasteiger partial charge in [0.15, 0.2) is 0 Å². The third-order valence-corrected chi connectivity index (χ3v) is 4.86. The van der Waals surface area contributed by atoms with Crippen LogP contribution in [0.25, 0.3) is 0 Å². The predicted molar refractivity (Wildman–Crippen MR) is 81.9 cm³/mol. The maximum absolute atomic E-state index is 11.8. The van der Waals surface area contributed by atoms with Crippen molar-refractivity contribution in [2.24, 2.45) is 0 Å². The fourth-order valence-electron chi connectivity index (χ4n) is 1.83. The van der Waals surface area contributed by atoms with Gasteiger partial charge in [0.2, 0.25) is 5.91 Å². The lowest BCUT2D eigenvalue weighted by Gasteiger charge is -2.01. The van der Waals surface area contributed by atoms with Gasteiger partial charge in [-0.25, -0.2) is 4.79 Å². The summed E-state index contributed by atoms with van der Waals surface area (Å²) >= 11 is 2.79. The van der Waals surface area contributed by atoms with E-state index in [1.807, 2.05) is 11.4 Å². The fourth-order valence-corrected chi connectivity index (χ4v) is 3.51. The number of carboxylic acid groups (broad SMARTS) is 1. The first-order valence-corrected chi connectivity index (χ1v) is 7.92. The van der Waals surface area contributed by atoms with Crippen LogP contribution in [0.1, 0.15) is 33.0 Å². The number of aromatic carboxylic acids is 1. The molecular formula is C14H15NO3S2. The molecule has 2 N–H and O–H groups in total. The Morgan fingerprint density at radius 2 is 2.20 bits per heavy atom. The first kappa shape index (κ1) is 14.7. The lowest BCUT2D eigenvalue weighted by molar-refractivity contribution is -0.116. The van der Waals surface area contributed by atoms with Crippen molar-refractivity contribution in [2.75, 3.05) is 5.32 Å². The highest BCUT2D eigenvalue weighted by Crippen LogP contribution is 2.26. The van der Waals surface area contributed by atoms with Crippen LogP contribution in [0.4, 0.5) is 5.00 Å². The summed E-state index contributed by atoms with van der Waals surface area (Å²) in [4.78, 5) is 24.3. The molecule has 0 bridgehead atoms. The molecule has 0 atom stereocenters. The second-order valence-electron chi connectivity index (χ2n) is 4.41. The van der Waals surface area contributed by atoms with Crippen LogP contribution in [-0.4, -0.2) is 17.0 Å². The number of thiophene rings is 2. The van der Waals surface area contributed by atoms with Crippen molar-refractivity contribution in [1.29, 1.82) is 0 Å². The minimum absolute atomic E-state index is 0.0697. The molecule has 0 saturated carbocycles. The smallest absolute Gasteiger partial charge is 0.346 e. The molecule has 0 fully saturated rings. The average Bonchev–Trinajstić information content (AvgIpc) is 2.99. The third-order valence-electron chi connectivity index (χ3n) is 2.78. The van der Waals surface area contributed by atoms with Crippen LogP contribution < -0.4 is 5.32 Å². The molecule has 2 aromatic rings. The van der Waals surface area contributed by atoms with Crippen molar-refractivity contribution in [2.45, 2.75) is 26.2 Å². The van der Waals surface area contributed by atoms with Crippen molar-refractivity contribution in [3.8, 4) is 0 Å². The zero-order valence-corrected chi connectivity index (χ0v) is 12.6. The second-order valence-corrected chi connectivity index (χ2v) is 6.49. The van der Waals surface area contributed by atoms with Crippen molar-refractivity contribution in [3.63, 3.8) is 0 Å². The van der Waals surface area contributed by atoms with Gasteiger partial charge in [-0.15, -0.1) is 22.7 Å². The van der Waals surface area contributed by atoms with Gasteiger partial charge in [-0.1, -0.05) is 6.07 Å². The topological polar surface area (TPSA) is 66.4 Å². The summed E-state index contributed by atoms with van der Waals surface area (Å²) in [5.74, 6) is -1.02. The number of nitrogens with one attached hydrogen (secondary N) is 1. The molecule has 0 aromatic carbocycles. The molecule has 2 aromatic heterocycles. The van der Waals surface area contributed by atoms with Crippen LogP contribution in [-0.2, 0) is 11.2 Å². The van der Waals surface area contributed by atoms with Gasteiger partial charge >= 0.3 is 5.97 Å². The van der Waals surface area contributed by atoms with Gasteiger partial charge in [0.05, 0.1) is 5.00 Å². The van der Waals surface area contributed by atoms with Crippen LogP contribution >= 0.6 is 22.7 Å². The van der Waals surface area contributed by atoms with E-state index in [1.165, 1.54) is 4.88 Å². The SMILES string of the molecule is Cc1cc(NC(=O)CCCc2cccs2)sc1C(=O)O. The number of anilines is 1. The number of carbonyl (C=O) groups is 2. The molecule has 0 spiro atoms. The maximum Gasteiger partial charge on any atom is 0.346 e. The van der Waals surface area contributed by atoms with Gasteiger partial charge in [-0.2, -0.15) is 0 Å². The zero-order chi connectivity index (χ0) is 14.5. The van der Waals surface area contributed by atoms with Crippen LogP contribution in [0.2, 0.25) is 0 Å². The number of carbonyl (C=O) groups excluding carboxylic acids is 1. The Morgan fingerprint density at radius 1 is 1.40 bits per heavy atom. The Kier molecular flexibility index (Phi) is 4.92. The third kappa shape index (κ3) is 3.91. The Labute approximate surface area is 125 Å². The second kappa shape index (κ2) is 6.67. The zero-order valence-electron chi connectivity index (χ0n) is 11.0. The van der Waals surface area contributed by atoms with E-state index in [0.717, 1.165) is 24.2 Å². The lowest BCUT2D eigenvalue weighted by Crippen LogP contribution is -2.10. The van der Waals surface area contributed by atoms with Crippen LogP contribution in [0.5, 0.6) is 0 Å². The highest BCUT2D eigenvalue weighted by Gasteiger charge is 2.13. The highest BCUT2D eigenvalue weighted by molar-refractivity contribution is 7.18. The normalized spacial score (nSPS) is 10.4. The molecule has 0 aliphatic rings. The van der Waals surface area contributed by atoms with E-state index < -0.39 is 5.97 Å². The van der Waals surface area contributed by atoms with E-state index in [4.69, 9.17) is 5.11 Å². The number of hydrogen-bond donors (Lipinski definition) is 2. The number of hydrogen-bond acceptors (Lipinski definition) is 4. The number of amides is 1. The largest absolute Gasteiger partial charge is 0.477 e. The van der Waals surface area contributed by atoms with Gasteiger partial charge in [0.1, 0.15) is 4.88 Å². The summed E-state index contributed by atoms with van der Waals surface area (Å²) in [6.45, 7) is 1.73. The molecule has 0 aliphatic heterocycles. The first-order valence-electron chi connectivity index (χ1n) is 6.22. The summed E-state index contributed by atoms with van der Waals surface area (Å²) in [6, 6.07) is 5.76. The maximum atomic E-state index is 11.8. The lowest BCUT2D eigenvalue weighted by atomic mass is 10.2. The summed E-state index contributed by atoms with van der Waals surface area (Å²) in [5, 5.41) is 14.3. The quantitative estimate of drug-likeness (QED) is 0.853. The summed E-state index contributed by atoms with van der Waals surface area (Å²) in [5.41, 5.74) is 0.677.